The van der Waals surface area contributed by atoms with Crippen molar-refractivity contribution in [2.45, 2.75) is 84.6 Å². The van der Waals surface area contributed by atoms with Crippen molar-refractivity contribution in [3.05, 3.63) is 28.7 Å². The largest absolute Gasteiger partial charge is 0.460 e. The van der Waals surface area contributed by atoms with Crippen molar-refractivity contribution in [2.75, 3.05) is 18.5 Å². The molecule has 0 saturated carbocycles. The van der Waals surface area contributed by atoms with Gasteiger partial charge in [-0.25, -0.2) is 27.8 Å². The molecule has 1 N–H and O–H groups in total. The van der Waals surface area contributed by atoms with Gasteiger partial charge in [0.15, 0.2) is 11.6 Å². The Bertz CT molecular complexity index is 1340. The predicted molar refractivity (Wildman–Crippen MR) is 143 cm³/mol. The van der Waals surface area contributed by atoms with E-state index in [1.165, 1.54) is 0 Å². The lowest BCUT2D eigenvalue weighted by Crippen LogP contribution is -2.40. The molecule has 2 aromatic heterocycles. The Kier molecular flexibility index (Phi) is 8.65. The molecular formula is C27H33F3N4O6S. The fourth-order valence-corrected chi connectivity index (χ4v) is 5.30. The monoisotopic (exact) mass is 598 g/mol. The van der Waals surface area contributed by atoms with Gasteiger partial charge in [0, 0.05) is 24.1 Å². The number of amides is 2. The van der Waals surface area contributed by atoms with Gasteiger partial charge in [-0.3, -0.25) is 9.59 Å². The van der Waals surface area contributed by atoms with Crippen molar-refractivity contribution in [2.24, 2.45) is 5.92 Å². The minimum absolute atomic E-state index is 0.00581. The van der Waals surface area contributed by atoms with E-state index in [-0.39, 0.29) is 46.5 Å². The van der Waals surface area contributed by atoms with Crippen LogP contribution in [0.2, 0.25) is 0 Å². The Hall–Kier alpha value is -3.26. The Labute approximate surface area is 239 Å². The summed E-state index contributed by atoms with van der Waals surface area (Å²) in [5.74, 6) is -2.80. The van der Waals surface area contributed by atoms with E-state index in [1.807, 2.05) is 0 Å². The number of aromatic nitrogens is 2. The van der Waals surface area contributed by atoms with Crippen LogP contribution in [-0.2, 0) is 25.5 Å². The second kappa shape index (κ2) is 11.6. The molecule has 0 bridgehead atoms. The molecule has 2 aliphatic rings. The highest BCUT2D eigenvalue weighted by molar-refractivity contribution is 7.09. The summed E-state index contributed by atoms with van der Waals surface area (Å²) in [6, 6.07) is 0.629. The predicted octanol–water partition coefficient (Wildman–Crippen LogP) is 5.72. The number of rotatable bonds is 6. The van der Waals surface area contributed by atoms with Crippen LogP contribution in [0.5, 0.6) is 0 Å². The van der Waals surface area contributed by atoms with Gasteiger partial charge >= 0.3 is 12.1 Å². The number of hydrogen-bond donors (Lipinski definition) is 1. The quantitative estimate of drug-likeness (QED) is 0.416. The van der Waals surface area contributed by atoms with Crippen LogP contribution in [0.25, 0.3) is 10.6 Å². The van der Waals surface area contributed by atoms with Crippen LogP contribution in [0, 0.1) is 11.7 Å². The molecule has 0 aliphatic carbocycles. The van der Waals surface area contributed by atoms with Gasteiger partial charge in [0.1, 0.15) is 16.9 Å². The van der Waals surface area contributed by atoms with Gasteiger partial charge < -0.3 is 19.5 Å². The topological polar surface area (TPSA) is 120 Å². The van der Waals surface area contributed by atoms with Crippen LogP contribution in [0.4, 0.5) is 23.8 Å². The molecule has 2 aliphatic heterocycles. The third-order valence-corrected chi connectivity index (χ3v) is 7.06. The molecule has 10 nitrogen and oxygen atoms in total. The third-order valence-electron chi connectivity index (χ3n) is 6.25. The van der Waals surface area contributed by atoms with Crippen molar-refractivity contribution in [3.63, 3.8) is 0 Å². The molecular weight excluding hydrogens is 565 g/mol. The van der Waals surface area contributed by atoms with Crippen molar-refractivity contribution in [1.29, 1.82) is 0 Å². The molecule has 4 rings (SSSR count). The summed E-state index contributed by atoms with van der Waals surface area (Å²) in [7, 11) is 0. The van der Waals surface area contributed by atoms with E-state index in [1.54, 1.807) is 41.5 Å². The minimum atomic E-state index is -2.86. The summed E-state index contributed by atoms with van der Waals surface area (Å²) in [4.78, 5) is 43.9. The van der Waals surface area contributed by atoms with Crippen molar-refractivity contribution >= 4 is 35.3 Å². The number of nitrogens with zero attached hydrogens (tertiary/aromatic N) is 3. The maximum absolute atomic E-state index is 16.0. The first-order valence-electron chi connectivity index (χ1n) is 13.1. The number of pyridine rings is 1. The highest BCUT2D eigenvalue weighted by Crippen LogP contribution is 2.39. The standard InChI is InChI=1S/C27H33F3N4O6S/c1-26(2,3)39-18(35)9-13-12-38-8-7-15(13)31-23-20(28)14-11-34(25(37)40-27(4,5)6)24(36)19(14)21(32-23)17-10-16(22(29)30)33-41-17/h10,13,15,22H,7-9,11-12H2,1-6H3,(H,31,32)/t13-,15+/m0/s1. The van der Waals surface area contributed by atoms with E-state index in [0.717, 1.165) is 11.0 Å². The summed E-state index contributed by atoms with van der Waals surface area (Å²) in [6.07, 6.45) is -3.42. The number of anilines is 1. The number of imide groups is 1. The third kappa shape index (κ3) is 7.15. The zero-order valence-electron chi connectivity index (χ0n) is 23.7. The summed E-state index contributed by atoms with van der Waals surface area (Å²) >= 11 is 0.683. The zero-order chi connectivity index (χ0) is 30.3. The van der Waals surface area contributed by atoms with E-state index >= 15 is 4.39 Å². The molecule has 1 fully saturated rings. The molecule has 2 aromatic rings. The molecule has 0 spiro atoms. The fraction of sp³-hybridized carbons (Fsp3) is 0.593. The lowest BCUT2D eigenvalue weighted by molar-refractivity contribution is -0.157. The Morgan fingerprint density at radius 3 is 2.49 bits per heavy atom. The average Bonchev–Trinajstić information content (AvgIpc) is 3.46. The number of carbonyl (C=O) groups excluding carboxylic acids is 3. The lowest BCUT2D eigenvalue weighted by atomic mass is 9.92. The molecule has 1 saturated heterocycles. The normalized spacial score (nSPS) is 19.4. The SMILES string of the molecule is CC(C)(C)OC(=O)C[C@H]1COCC[C@H]1Nc1nc(-c2cc(C(F)F)ns2)c2c(c1F)CN(C(=O)OC(C)(C)C)C2=O. The van der Waals surface area contributed by atoms with E-state index in [4.69, 9.17) is 14.2 Å². The second-order valence-electron chi connectivity index (χ2n) is 11.9. The molecule has 0 aromatic carbocycles. The number of carbonyl (C=O) groups is 3. The number of hydrogen-bond acceptors (Lipinski definition) is 10. The van der Waals surface area contributed by atoms with Crippen LogP contribution in [0.15, 0.2) is 6.07 Å². The second-order valence-corrected chi connectivity index (χ2v) is 12.7. The summed E-state index contributed by atoms with van der Waals surface area (Å²) in [5.41, 5.74) is -2.56. The van der Waals surface area contributed by atoms with Crippen LogP contribution < -0.4 is 5.32 Å². The van der Waals surface area contributed by atoms with E-state index in [2.05, 4.69) is 14.7 Å². The zero-order valence-corrected chi connectivity index (χ0v) is 24.5. The van der Waals surface area contributed by atoms with Gasteiger partial charge in [-0.2, -0.15) is 4.37 Å². The number of alkyl halides is 2. The van der Waals surface area contributed by atoms with Crippen molar-refractivity contribution in [1.82, 2.24) is 14.3 Å². The summed E-state index contributed by atoms with van der Waals surface area (Å²) < 4.78 is 62.7. The molecule has 4 heterocycles. The summed E-state index contributed by atoms with van der Waals surface area (Å²) in [6.45, 7) is 10.3. The van der Waals surface area contributed by atoms with Gasteiger partial charge in [-0.05, 0) is 65.6 Å². The van der Waals surface area contributed by atoms with Crippen LogP contribution in [-0.4, -0.2) is 62.7 Å². The Morgan fingerprint density at radius 1 is 1.20 bits per heavy atom. The molecule has 2 amide bonds. The van der Waals surface area contributed by atoms with Gasteiger partial charge in [-0.15, -0.1) is 0 Å². The summed E-state index contributed by atoms with van der Waals surface area (Å²) in [5, 5.41) is 3.05. The number of ether oxygens (including phenoxy) is 3. The molecule has 14 heteroatoms. The van der Waals surface area contributed by atoms with E-state index in [9.17, 15) is 23.2 Å². The van der Waals surface area contributed by atoms with E-state index in [0.29, 0.717) is 24.6 Å². The van der Waals surface area contributed by atoms with Crippen LogP contribution in [0.3, 0.4) is 0 Å². The highest BCUT2D eigenvalue weighted by atomic mass is 32.1. The first-order chi connectivity index (χ1) is 19.0. The fourth-order valence-electron chi connectivity index (χ4n) is 4.56. The molecule has 2 atom stereocenters. The first kappa shape index (κ1) is 30.7. The number of halogens is 3. The van der Waals surface area contributed by atoms with Gasteiger partial charge in [-0.1, -0.05) is 0 Å². The lowest BCUT2D eigenvalue weighted by Gasteiger charge is -2.33. The van der Waals surface area contributed by atoms with Gasteiger partial charge in [0.2, 0.25) is 0 Å². The van der Waals surface area contributed by atoms with Crippen molar-refractivity contribution < 1.29 is 41.8 Å². The number of esters is 1. The van der Waals surface area contributed by atoms with Gasteiger partial charge in [0.25, 0.3) is 12.3 Å². The molecule has 224 valence electrons. The molecule has 0 unspecified atom stereocenters. The maximum atomic E-state index is 16.0. The highest BCUT2D eigenvalue weighted by Gasteiger charge is 2.41. The molecule has 0 radical (unpaired) electrons. The first-order valence-corrected chi connectivity index (χ1v) is 13.9. The maximum Gasteiger partial charge on any atom is 0.417 e. The minimum Gasteiger partial charge on any atom is -0.460 e. The van der Waals surface area contributed by atoms with Crippen LogP contribution >= 0.6 is 11.5 Å². The number of nitrogens with one attached hydrogen (secondary N) is 1. The van der Waals surface area contributed by atoms with Crippen LogP contribution in [0.1, 0.15) is 82.4 Å². The van der Waals surface area contributed by atoms with Gasteiger partial charge in [0.05, 0.1) is 35.7 Å². The molecule has 41 heavy (non-hydrogen) atoms. The average molecular weight is 599 g/mol. The Balaban J connectivity index is 1.71. The smallest absolute Gasteiger partial charge is 0.417 e. The Morgan fingerprint density at radius 2 is 1.88 bits per heavy atom. The van der Waals surface area contributed by atoms with Crippen molar-refractivity contribution in [3.8, 4) is 10.6 Å². The number of fused-ring (bicyclic) bond motifs is 1. The van der Waals surface area contributed by atoms with E-state index < -0.39 is 59.7 Å².